The van der Waals surface area contributed by atoms with Crippen LogP contribution in [0, 0.1) is 5.82 Å². The van der Waals surface area contributed by atoms with Crippen LogP contribution in [0.25, 0.3) is 33.8 Å². The van der Waals surface area contributed by atoms with E-state index in [0.717, 1.165) is 12.1 Å². The third-order valence-corrected chi connectivity index (χ3v) is 5.97. The molecule has 4 aromatic rings. The monoisotopic (exact) mass is 472 g/mol. The first-order valence-electron chi connectivity index (χ1n) is 10.1. The number of nitrogens with zero attached hydrogens (tertiary/aromatic N) is 1. The average Bonchev–Trinajstić information content (AvgIpc) is 3.19. The van der Waals surface area contributed by atoms with Gasteiger partial charge in [0.2, 0.25) is 0 Å². The highest BCUT2D eigenvalue weighted by molar-refractivity contribution is 6.33. The predicted octanol–water partition coefficient (Wildman–Crippen LogP) is 7.85. The van der Waals surface area contributed by atoms with Crippen LogP contribution in [0.1, 0.15) is 25.1 Å². The number of imidazole rings is 1. The van der Waals surface area contributed by atoms with Crippen molar-refractivity contribution in [1.29, 1.82) is 0 Å². The predicted molar refractivity (Wildman–Crippen MR) is 119 cm³/mol. The fourth-order valence-electron chi connectivity index (χ4n) is 4.01. The van der Waals surface area contributed by atoms with E-state index in [1.165, 1.54) is 24.3 Å². The Kier molecular flexibility index (Phi) is 4.79. The molecule has 1 aliphatic rings. The number of fused-ring (bicyclic) bond motifs is 3. The van der Waals surface area contributed by atoms with Crippen LogP contribution >= 0.6 is 11.6 Å². The van der Waals surface area contributed by atoms with Gasteiger partial charge in [-0.15, -0.1) is 0 Å². The summed E-state index contributed by atoms with van der Waals surface area (Å²) >= 11 is 6.23. The summed E-state index contributed by atoms with van der Waals surface area (Å²) in [6.45, 7) is 3.70. The Balaban J connectivity index is 1.59. The van der Waals surface area contributed by atoms with Crippen LogP contribution in [0.2, 0.25) is 5.02 Å². The van der Waals surface area contributed by atoms with Gasteiger partial charge in [0.25, 0.3) is 0 Å². The third-order valence-electron chi connectivity index (χ3n) is 5.65. The molecule has 0 radical (unpaired) electrons. The normalized spacial score (nSPS) is 14.4. The van der Waals surface area contributed by atoms with E-state index in [4.69, 9.17) is 16.3 Å². The molecule has 3 aromatic carbocycles. The summed E-state index contributed by atoms with van der Waals surface area (Å²) in [6, 6.07) is 14.7. The van der Waals surface area contributed by atoms with Crippen LogP contribution in [-0.4, -0.2) is 9.97 Å². The average molecular weight is 473 g/mol. The molecule has 0 bridgehead atoms. The molecule has 0 saturated carbocycles. The maximum Gasteiger partial charge on any atom is 0.416 e. The van der Waals surface area contributed by atoms with Crippen LogP contribution < -0.4 is 4.74 Å². The molecule has 1 aliphatic heterocycles. The summed E-state index contributed by atoms with van der Waals surface area (Å²) in [6.07, 6.45) is -4.39. The second-order valence-corrected chi connectivity index (χ2v) is 8.71. The largest absolute Gasteiger partial charge is 0.481 e. The van der Waals surface area contributed by atoms with Crippen LogP contribution in [-0.2, 0) is 11.8 Å². The second-order valence-electron chi connectivity index (χ2n) is 8.30. The molecule has 0 atom stereocenters. The molecule has 0 amide bonds. The van der Waals surface area contributed by atoms with E-state index in [9.17, 15) is 17.6 Å². The summed E-state index contributed by atoms with van der Waals surface area (Å²) < 4.78 is 59.4. The molecule has 1 N–H and O–H groups in total. The Bertz CT molecular complexity index is 1350. The van der Waals surface area contributed by atoms with E-state index in [1.54, 1.807) is 24.3 Å². The number of ether oxygens (including phenoxy) is 1. The number of rotatable bonds is 2. The minimum absolute atomic E-state index is 0.173. The van der Waals surface area contributed by atoms with Crippen LogP contribution in [0.4, 0.5) is 17.6 Å². The van der Waals surface area contributed by atoms with Crippen molar-refractivity contribution in [1.82, 2.24) is 9.97 Å². The van der Waals surface area contributed by atoms with E-state index in [0.29, 0.717) is 39.7 Å². The lowest BCUT2D eigenvalue weighted by atomic mass is 9.93. The SMILES string of the molecule is CC1(C)Oc2cc(-c3ccc(C(F)(F)F)cc3)ccc2-c2nc(-c3c(F)cccc3Cl)[nH]c21. The van der Waals surface area contributed by atoms with E-state index in [2.05, 4.69) is 9.97 Å². The molecule has 0 spiro atoms. The highest BCUT2D eigenvalue weighted by Crippen LogP contribution is 2.46. The lowest BCUT2D eigenvalue weighted by Crippen LogP contribution is -2.29. The van der Waals surface area contributed by atoms with Gasteiger partial charge in [-0.3, -0.25) is 0 Å². The number of alkyl halides is 3. The van der Waals surface area contributed by atoms with Gasteiger partial charge in [-0.1, -0.05) is 35.9 Å². The number of hydrogen-bond donors (Lipinski definition) is 1. The van der Waals surface area contributed by atoms with Crippen molar-refractivity contribution in [3.05, 3.63) is 82.8 Å². The van der Waals surface area contributed by atoms with Gasteiger partial charge in [0.15, 0.2) is 0 Å². The Morgan fingerprint density at radius 1 is 0.970 bits per heavy atom. The molecular formula is C25H17ClF4N2O. The van der Waals surface area contributed by atoms with E-state index >= 15 is 0 Å². The Morgan fingerprint density at radius 3 is 2.33 bits per heavy atom. The highest BCUT2D eigenvalue weighted by atomic mass is 35.5. The zero-order valence-electron chi connectivity index (χ0n) is 17.5. The minimum atomic E-state index is -4.39. The second kappa shape index (κ2) is 7.35. The van der Waals surface area contributed by atoms with Gasteiger partial charge < -0.3 is 9.72 Å². The van der Waals surface area contributed by atoms with Crippen LogP contribution in [0.5, 0.6) is 5.75 Å². The van der Waals surface area contributed by atoms with E-state index in [-0.39, 0.29) is 10.6 Å². The molecular weight excluding hydrogens is 456 g/mol. The molecule has 1 aromatic heterocycles. The third kappa shape index (κ3) is 3.66. The fraction of sp³-hybridized carbons (Fsp3) is 0.160. The van der Waals surface area contributed by atoms with Crippen molar-refractivity contribution in [3.8, 4) is 39.5 Å². The first-order chi connectivity index (χ1) is 15.5. The molecule has 3 nitrogen and oxygen atoms in total. The molecule has 2 heterocycles. The molecule has 0 unspecified atom stereocenters. The summed E-state index contributed by atoms with van der Waals surface area (Å²) in [7, 11) is 0. The van der Waals surface area contributed by atoms with Crippen molar-refractivity contribution >= 4 is 11.6 Å². The standard InChI is InChI=1S/C25H17ClF4N2O/c1-24(2)22-21(31-23(32-22)20-17(26)4-3-5-18(20)27)16-11-8-14(12-19(16)33-24)13-6-9-15(10-7-13)25(28,29)30/h3-12H,1-2H3,(H,31,32). The van der Waals surface area contributed by atoms with Crippen molar-refractivity contribution in [2.45, 2.75) is 25.6 Å². The lowest BCUT2D eigenvalue weighted by Gasteiger charge is -2.32. The van der Waals surface area contributed by atoms with E-state index in [1.807, 2.05) is 13.8 Å². The van der Waals surface area contributed by atoms with Gasteiger partial charge in [-0.25, -0.2) is 9.37 Å². The first-order valence-corrected chi connectivity index (χ1v) is 10.5. The number of H-pyrrole nitrogens is 1. The summed E-state index contributed by atoms with van der Waals surface area (Å²) in [5, 5.41) is 0.234. The molecule has 0 fully saturated rings. The quantitative estimate of drug-likeness (QED) is 0.302. The molecule has 8 heteroatoms. The molecule has 168 valence electrons. The molecule has 33 heavy (non-hydrogen) atoms. The molecule has 5 rings (SSSR count). The number of benzene rings is 3. The van der Waals surface area contributed by atoms with E-state index < -0.39 is 23.2 Å². The highest BCUT2D eigenvalue weighted by Gasteiger charge is 2.37. The minimum Gasteiger partial charge on any atom is -0.481 e. The smallest absolute Gasteiger partial charge is 0.416 e. The zero-order valence-corrected chi connectivity index (χ0v) is 18.3. The Labute approximate surface area is 192 Å². The summed E-state index contributed by atoms with van der Waals surface area (Å²) in [5.41, 5.74) is 1.95. The number of aromatic nitrogens is 2. The van der Waals surface area contributed by atoms with Gasteiger partial charge >= 0.3 is 6.18 Å². The number of aromatic amines is 1. The van der Waals surface area contributed by atoms with Crippen molar-refractivity contribution < 1.29 is 22.3 Å². The van der Waals surface area contributed by atoms with Gasteiger partial charge in [-0.05, 0) is 61.4 Å². The van der Waals surface area contributed by atoms with Crippen LogP contribution in [0.15, 0.2) is 60.7 Å². The van der Waals surface area contributed by atoms with Gasteiger partial charge in [0, 0.05) is 5.56 Å². The lowest BCUT2D eigenvalue weighted by molar-refractivity contribution is -0.137. The first kappa shape index (κ1) is 21.5. The van der Waals surface area contributed by atoms with Gasteiger partial charge in [0.1, 0.15) is 23.0 Å². The van der Waals surface area contributed by atoms with Gasteiger partial charge in [0.05, 0.1) is 27.5 Å². The molecule has 0 saturated heterocycles. The number of hydrogen-bond acceptors (Lipinski definition) is 2. The maximum absolute atomic E-state index is 14.5. The Morgan fingerprint density at radius 2 is 1.67 bits per heavy atom. The van der Waals surface area contributed by atoms with Crippen molar-refractivity contribution in [3.63, 3.8) is 0 Å². The summed E-state index contributed by atoms with van der Waals surface area (Å²) in [5.74, 6) is 0.326. The molecule has 0 aliphatic carbocycles. The van der Waals surface area contributed by atoms with Gasteiger partial charge in [-0.2, -0.15) is 13.2 Å². The zero-order chi connectivity index (χ0) is 23.5. The topological polar surface area (TPSA) is 37.9 Å². The van der Waals surface area contributed by atoms with Crippen molar-refractivity contribution in [2.75, 3.05) is 0 Å². The Hall–Kier alpha value is -3.32. The maximum atomic E-state index is 14.5. The number of halogens is 5. The number of nitrogens with one attached hydrogen (secondary N) is 1. The fourth-order valence-corrected chi connectivity index (χ4v) is 4.26. The van der Waals surface area contributed by atoms with Crippen LogP contribution in [0.3, 0.4) is 0 Å². The van der Waals surface area contributed by atoms with Crippen molar-refractivity contribution in [2.24, 2.45) is 0 Å². The summed E-state index contributed by atoms with van der Waals surface area (Å²) in [4.78, 5) is 7.80.